The molecule has 1 amide bonds. The van der Waals surface area contributed by atoms with E-state index >= 15 is 0 Å². The van der Waals surface area contributed by atoms with E-state index in [9.17, 15) is 4.79 Å². The molecule has 3 aromatic carbocycles. The number of hydrogen-bond donors (Lipinski definition) is 0. The van der Waals surface area contributed by atoms with Crippen LogP contribution in [0.2, 0.25) is 0 Å². The molecule has 0 atom stereocenters. The van der Waals surface area contributed by atoms with Gasteiger partial charge in [-0.15, -0.1) is 0 Å². The molecule has 0 saturated carbocycles. The zero-order valence-electron chi connectivity index (χ0n) is 20.2. The number of piperazine rings is 1. The minimum Gasteiger partial charge on any atom is -0.497 e. The Bertz CT molecular complexity index is 1530. The molecule has 8 heteroatoms. The van der Waals surface area contributed by atoms with Crippen molar-refractivity contribution in [3.05, 3.63) is 78.5 Å². The molecule has 0 spiro atoms. The first-order valence-electron chi connectivity index (χ1n) is 11.9. The number of aromatic nitrogens is 2. The van der Waals surface area contributed by atoms with Crippen molar-refractivity contribution in [2.24, 2.45) is 0 Å². The number of hydrogen-bond acceptors (Lipinski definition) is 6. The Hall–Kier alpha value is -4.04. The highest BCUT2D eigenvalue weighted by atomic mass is 32.1. The summed E-state index contributed by atoms with van der Waals surface area (Å²) in [5.41, 5.74) is 4.89. The van der Waals surface area contributed by atoms with Gasteiger partial charge >= 0.3 is 0 Å². The predicted molar refractivity (Wildman–Crippen MR) is 144 cm³/mol. The van der Waals surface area contributed by atoms with Crippen LogP contribution in [0.3, 0.4) is 0 Å². The number of methoxy groups -OCH3 is 2. The van der Waals surface area contributed by atoms with Gasteiger partial charge in [0.05, 0.1) is 30.1 Å². The molecule has 1 aliphatic heterocycles. The van der Waals surface area contributed by atoms with Crippen LogP contribution >= 0.6 is 11.3 Å². The third-order valence-electron chi connectivity index (χ3n) is 6.73. The molecule has 2 aromatic heterocycles. The van der Waals surface area contributed by atoms with Gasteiger partial charge in [-0.2, -0.15) is 0 Å². The van der Waals surface area contributed by atoms with Crippen LogP contribution < -0.4 is 14.4 Å². The van der Waals surface area contributed by atoms with Crippen molar-refractivity contribution < 1.29 is 14.3 Å². The third-order valence-corrected chi connectivity index (χ3v) is 7.75. The van der Waals surface area contributed by atoms with E-state index in [0.29, 0.717) is 13.1 Å². The number of anilines is 1. The Morgan fingerprint density at radius 2 is 1.53 bits per heavy atom. The molecule has 0 N–H and O–H groups in total. The van der Waals surface area contributed by atoms with Crippen molar-refractivity contribution in [2.75, 3.05) is 45.3 Å². The number of fused-ring (bicyclic) bond motifs is 3. The average Bonchev–Trinajstić information content (AvgIpc) is 3.51. The molecule has 5 aromatic rings. The summed E-state index contributed by atoms with van der Waals surface area (Å²) in [6.45, 7) is 3.01. The molecule has 0 radical (unpaired) electrons. The smallest absolute Gasteiger partial charge is 0.254 e. The molecule has 3 heterocycles. The van der Waals surface area contributed by atoms with Crippen molar-refractivity contribution in [2.45, 2.75) is 0 Å². The van der Waals surface area contributed by atoms with Crippen LogP contribution in [0, 0.1) is 0 Å². The summed E-state index contributed by atoms with van der Waals surface area (Å²) in [6, 6.07) is 21.9. The van der Waals surface area contributed by atoms with Gasteiger partial charge in [-0.1, -0.05) is 11.3 Å². The van der Waals surface area contributed by atoms with Crippen LogP contribution in [0.4, 0.5) is 5.69 Å². The summed E-state index contributed by atoms with van der Waals surface area (Å²) < 4.78 is 13.7. The Kier molecular flexibility index (Phi) is 5.73. The maximum absolute atomic E-state index is 13.3. The first-order valence-corrected chi connectivity index (χ1v) is 12.7. The molecular formula is C28H26N4O3S. The van der Waals surface area contributed by atoms with Crippen LogP contribution in [0.25, 0.3) is 26.4 Å². The molecular weight excluding hydrogens is 472 g/mol. The van der Waals surface area contributed by atoms with E-state index in [2.05, 4.69) is 27.6 Å². The molecule has 36 heavy (non-hydrogen) atoms. The van der Waals surface area contributed by atoms with Gasteiger partial charge in [-0.3, -0.25) is 9.20 Å². The SMILES string of the molecule is COc1ccc(-c2cn3c(n2)sc2cc(C(=O)N4CCN(c5ccc(OC)cc5)CC4)ccc23)cc1. The lowest BCUT2D eigenvalue weighted by Gasteiger charge is -2.36. The number of nitrogens with zero attached hydrogens (tertiary/aromatic N) is 4. The van der Waals surface area contributed by atoms with Gasteiger partial charge in [0.15, 0.2) is 4.96 Å². The zero-order chi connectivity index (χ0) is 24.6. The highest BCUT2D eigenvalue weighted by Crippen LogP contribution is 2.31. The number of carbonyl (C=O) groups is 1. The van der Waals surface area contributed by atoms with Crippen LogP contribution in [0.15, 0.2) is 72.9 Å². The number of benzene rings is 3. The summed E-state index contributed by atoms with van der Waals surface area (Å²) >= 11 is 1.60. The second-order valence-corrected chi connectivity index (χ2v) is 9.78. The average molecular weight is 499 g/mol. The second kappa shape index (κ2) is 9.20. The molecule has 0 unspecified atom stereocenters. The Morgan fingerprint density at radius 3 is 2.19 bits per heavy atom. The first kappa shape index (κ1) is 22.4. The highest BCUT2D eigenvalue weighted by Gasteiger charge is 2.23. The van der Waals surface area contributed by atoms with Crippen molar-refractivity contribution in [1.82, 2.24) is 14.3 Å². The monoisotopic (exact) mass is 498 g/mol. The summed E-state index contributed by atoms with van der Waals surface area (Å²) in [4.78, 5) is 23.3. The number of carbonyl (C=O) groups excluding carboxylic acids is 1. The maximum atomic E-state index is 13.3. The van der Waals surface area contributed by atoms with Crippen molar-refractivity contribution in [1.29, 1.82) is 0 Å². The minimum absolute atomic E-state index is 0.0799. The summed E-state index contributed by atoms with van der Waals surface area (Å²) in [7, 11) is 3.33. The number of rotatable bonds is 5. The summed E-state index contributed by atoms with van der Waals surface area (Å²) in [5, 5.41) is 0. The standard InChI is InChI=1S/C28H26N4O3S/c1-34-22-8-3-19(4-9-22)24-18-32-25-12-5-20(17-26(25)36-28(32)29-24)27(33)31-15-13-30(14-16-31)21-6-10-23(35-2)11-7-21/h3-12,17-18H,13-16H2,1-2H3. The Morgan fingerprint density at radius 1 is 0.861 bits per heavy atom. The molecule has 0 aliphatic carbocycles. The molecule has 7 nitrogen and oxygen atoms in total. The van der Waals surface area contributed by atoms with Gasteiger partial charge in [0, 0.05) is 49.2 Å². The van der Waals surface area contributed by atoms with E-state index < -0.39 is 0 Å². The van der Waals surface area contributed by atoms with E-state index in [1.807, 2.05) is 59.5 Å². The lowest BCUT2D eigenvalue weighted by molar-refractivity contribution is 0.0747. The van der Waals surface area contributed by atoms with Crippen LogP contribution in [-0.4, -0.2) is 60.6 Å². The van der Waals surface area contributed by atoms with Gasteiger partial charge in [-0.25, -0.2) is 4.98 Å². The number of imidazole rings is 1. The van der Waals surface area contributed by atoms with Crippen LogP contribution in [0.5, 0.6) is 11.5 Å². The molecule has 182 valence electrons. The van der Waals surface area contributed by atoms with Crippen LogP contribution in [-0.2, 0) is 0 Å². The van der Waals surface area contributed by atoms with E-state index in [1.165, 1.54) is 0 Å². The number of amides is 1. The Labute approximate surface area is 213 Å². The lowest BCUT2D eigenvalue weighted by atomic mass is 10.1. The normalized spacial score (nSPS) is 13.9. The van der Waals surface area contributed by atoms with E-state index in [-0.39, 0.29) is 5.91 Å². The second-order valence-electron chi connectivity index (χ2n) is 8.77. The fourth-order valence-corrected chi connectivity index (χ4v) is 5.73. The van der Waals surface area contributed by atoms with E-state index in [0.717, 1.165) is 62.3 Å². The molecule has 1 fully saturated rings. The minimum atomic E-state index is 0.0799. The van der Waals surface area contributed by atoms with Crippen molar-refractivity contribution in [3.63, 3.8) is 0 Å². The zero-order valence-corrected chi connectivity index (χ0v) is 21.0. The van der Waals surface area contributed by atoms with E-state index in [4.69, 9.17) is 14.5 Å². The highest BCUT2D eigenvalue weighted by molar-refractivity contribution is 7.23. The third kappa shape index (κ3) is 4.03. The quantitative estimate of drug-likeness (QED) is 0.334. The van der Waals surface area contributed by atoms with E-state index in [1.54, 1.807) is 25.6 Å². The van der Waals surface area contributed by atoms with Gasteiger partial charge < -0.3 is 19.3 Å². The van der Waals surface area contributed by atoms with Gasteiger partial charge in [0.1, 0.15) is 11.5 Å². The molecule has 1 aliphatic rings. The molecule has 6 rings (SSSR count). The Balaban J connectivity index is 1.18. The van der Waals surface area contributed by atoms with Crippen LogP contribution in [0.1, 0.15) is 10.4 Å². The largest absolute Gasteiger partial charge is 0.497 e. The van der Waals surface area contributed by atoms with Gasteiger partial charge in [0.2, 0.25) is 0 Å². The fourth-order valence-electron chi connectivity index (χ4n) is 4.68. The summed E-state index contributed by atoms with van der Waals surface area (Å²) in [6.07, 6.45) is 2.05. The topological polar surface area (TPSA) is 59.3 Å². The van der Waals surface area contributed by atoms with Crippen molar-refractivity contribution >= 4 is 38.1 Å². The lowest BCUT2D eigenvalue weighted by Crippen LogP contribution is -2.48. The maximum Gasteiger partial charge on any atom is 0.254 e. The van der Waals surface area contributed by atoms with Crippen molar-refractivity contribution in [3.8, 4) is 22.8 Å². The van der Waals surface area contributed by atoms with Gasteiger partial charge in [0.25, 0.3) is 5.91 Å². The first-order chi connectivity index (χ1) is 17.6. The molecule has 0 bridgehead atoms. The summed E-state index contributed by atoms with van der Waals surface area (Å²) in [5.74, 6) is 1.75. The van der Waals surface area contributed by atoms with Gasteiger partial charge in [-0.05, 0) is 66.7 Å². The molecule has 1 saturated heterocycles. The number of ether oxygens (including phenoxy) is 2. The predicted octanol–water partition coefficient (Wildman–Crippen LogP) is 5.20. The fraction of sp³-hybridized carbons (Fsp3) is 0.214. The number of thiazole rings is 1.